The molecule has 3 heterocycles. The molecule has 1 aromatic carbocycles. The first kappa shape index (κ1) is 22.3. The lowest BCUT2D eigenvalue weighted by Crippen LogP contribution is -2.54. The zero-order chi connectivity index (χ0) is 22.9. The number of carbonyl (C=O) groups is 2. The third-order valence-electron chi connectivity index (χ3n) is 6.24. The Morgan fingerprint density at radius 2 is 1.91 bits per heavy atom. The highest BCUT2D eigenvalue weighted by molar-refractivity contribution is 5.96. The molecule has 2 aromatic rings. The molecule has 0 spiro atoms. The largest absolute Gasteiger partial charge is 0.379 e. The number of nitrogens with one attached hydrogen (secondary N) is 1. The first-order valence-corrected chi connectivity index (χ1v) is 11.3. The number of pyridine rings is 1. The summed E-state index contributed by atoms with van der Waals surface area (Å²) in [6, 6.07) is 9.88. The van der Waals surface area contributed by atoms with Gasteiger partial charge in [-0.3, -0.25) is 14.4 Å². The van der Waals surface area contributed by atoms with Crippen molar-refractivity contribution in [2.75, 3.05) is 19.8 Å². The fraction of sp³-hybridized carbons (Fsp3) is 0.480. The molecule has 2 amide bonds. The summed E-state index contributed by atoms with van der Waals surface area (Å²) >= 11 is 0. The Morgan fingerprint density at radius 3 is 2.53 bits per heavy atom. The summed E-state index contributed by atoms with van der Waals surface area (Å²) in [5, 5.41) is 2.88. The van der Waals surface area contributed by atoms with Gasteiger partial charge in [0.15, 0.2) is 0 Å². The van der Waals surface area contributed by atoms with Gasteiger partial charge in [-0.2, -0.15) is 0 Å². The fourth-order valence-electron chi connectivity index (χ4n) is 4.43. The minimum absolute atomic E-state index is 0.0734. The van der Waals surface area contributed by atoms with Gasteiger partial charge in [-0.1, -0.05) is 30.3 Å². The summed E-state index contributed by atoms with van der Waals surface area (Å²) in [6.45, 7) is 7.93. The van der Waals surface area contributed by atoms with Gasteiger partial charge in [-0.05, 0) is 50.3 Å². The third kappa shape index (κ3) is 4.35. The van der Waals surface area contributed by atoms with E-state index in [1.165, 1.54) is 0 Å². The summed E-state index contributed by atoms with van der Waals surface area (Å²) in [5.41, 5.74) is 2.24. The van der Waals surface area contributed by atoms with Crippen molar-refractivity contribution in [3.63, 3.8) is 0 Å². The van der Waals surface area contributed by atoms with Gasteiger partial charge in [0, 0.05) is 31.9 Å². The lowest BCUT2D eigenvalue weighted by Gasteiger charge is -2.42. The Balaban J connectivity index is 1.67. The molecule has 7 nitrogen and oxygen atoms in total. The summed E-state index contributed by atoms with van der Waals surface area (Å²) < 4.78 is 6.90. The maximum atomic E-state index is 13.3. The SMILES string of the molecule is CC(C)NC(=O)c1c2c(cn(CCc3ccccc3)c1=O)CN(C(=O)C1(C)COC1)CC2. The van der Waals surface area contributed by atoms with Gasteiger partial charge >= 0.3 is 0 Å². The van der Waals surface area contributed by atoms with Crippen molar-refractivity contribution >= 4 is 11.8 Å². The molecule has 170 valence electrons. The number of hydrogen-bond acceptors (Lipinski definition) is 4. The quantitative estimate of drug-likeness (QED) is 0.751. The number of carbonyl (C=O) groups excluding carboxylic acids is 2. The predicted octanol–water partition coefficient (Wildman–Crippen LogP) is 2.15. The van der Waals surface area contributed by atoms with E-state index in [1.807, 2.05) is 62.2 Å². The Kier molecular flexibility index (Phi) is 6.20. The predicted molar refractivity (Wildman–Crippen MR) is 121 cm³/mol. The Bertz CT molecular complexity index is 1070. The second kappa shape index (κ2) is 8.90. The smallest absolute Gasteiger partial charge is 0.263 e. The maximum Gasteiger partial charge on any atom is 0.263 e. The fourth-order valence-corrected chi connectivity index (χ4v) is 4.43. The van der Waals surface area contributed by atoms with Gasteiger partial charge in [0.05, 0.1) is 18.6 Å². The molecule has 4 rings (SSSR count). The van der Waals surface area contributed by atoms with Crippen molar-refractivity contribution in [3.8, 4) is 0 Å². The van der Waals surface area contributed by atoms with E-state index in [4.69, 9.17) is 4.74 Å². The van der Waals surface area contributed by atoms with Crippen LogP contribution in [-0.4, -0.2) is 47.1 Å². The number of ether oxygens (including phenoxy) is 1. The minimum atomic E-state index is -0.475. The molecular weight excluding hydrogens is 406 g/mol. The zero-order valence-electron chi connectivity index (χ0n) is 19.0. The first-order valence-electron chi connectivity index (χ1n) is 11.3. The maximum absolute atomic E-state index is 13.3. The number of nitrogens with zero attached hydrogens (tertiary/aromatic N) is 2. The summed E-state index contributed by atoms with van der Waals surface area (Å²) in [5.74, 6) is -0.265. The third-order valence-corrected chi connectivity index (χ3v) is 6.24. The van der Waals surface area contributed by atoms with E-state index in [-0.39, 0.29) is 29.0 Å². The second-order valence-corrected chi connectivity index (χ2v) is 9.40. The zero-order valence-corrected chi connectivity index (χ0v) is 19.0. The van der Waals surface area contributed by atoms with Crippen LogP contribution in [0.5, 0.6) is 0 Å². The topological polar surface area (TPSA) is 80.6 Å². The highest BCUT2D eigenvalue weighted by atomic mass is 16.5. The van der Waals surface area contributed by atoms with E-state index < -0.39 is 5.41 Å². The Labute approximate surface area is 188 Å². The van der Waals surface area contributed by atoms with Crippen molar-refractivity contribution in [1.82, 2.24) is 14.8 Å². The van der Waals surface area contributed by atoms with Crippen molar-refractivity contribution in [3.05, 3.63) is 69.1 Å². The van der Waals surface area contributed by atoms with Crippen molar-refractivity contribution in [1.29, 1.82) is 0 Å². The van der Waals surface area contributed by atoms with E-state index in [2.05, 4.69) is 5.32 Å². The number of benzene rings is 1. The normalized spacial score (nSPS) is 16.9. The lowest BCUT2D eigenvalue weighted by atomic mass is 9.85. The van der Waals surface area contributed by atoms with Gasteiger partial charge in [0.1, 0.15) is 5.56 Å². The lowest BCUT2D eigenvalue weighted by molar-refractivity contribution is -0.169. The molecule has 0 unspecified atom stereocenters. The summed E-state index contributed by atoms with van der Waals surface area (Å²) in [7, 11) is 0. The molecule has 0 aliphatic carbocycles. The van der Waals surface area contributed by atoms with E-state index >= 15 is 0 Å². The highest BCUT2D eigenvalue weighted by Gasteiger charge is 2.44. The molecule has 1 fully saturated rings. The van der Waals surface area contributed by atoms with Crippen LogP contribution >= 0.6 is 0 Å². The molecule has 2 aliphatic rings. The van der Waals surface area contributed by atoms with Crippen LogP contribution in [0.1, 0.15) is 47.8 Å². The number of aromatic nitrogens is 1. The molecule has 1 saturated heterocycles. The molecule has 1 N–H and O–H groups in total. The van der Waals surface area contributed by atoms with Crippen LogP contribution in [0, 0.1) is 5.41 Å². The van der Waals surface area contributed by atoms with E-state index in [0.717, 1.165) is 16.7 Å². The van der Waals surface area contributed by atoms with Crippen LogP contribution in [0.3, 0.4) is 0 Å². The molecular formula is C25H31N3O4. The minimum Gasteiger partial charge on any atom is -0.379 e. The number of hydrogen-bond donors (Lipinski definition) is 1. The Morgan fingerprint density at radius 1 is 1.19 bits per heavy atom. The molecule has 1 aromatic heterocycles. The van der Waals surface area contributed by atoms with Crippen LogP contribution < -0.4 is 10.9 Å². The van der Waals surface area contributed by atoms with Crippen molar-refractivity contribution in [2.24, 2.45) is 5.41 Å². The standard InChI is InChI=1S/C25H31N3O4/c1-17(2)26-22(29)21-20-10-12-28(24(31)25(3)15-32-16-25)14-19(20)13-27(23(21)30)11-9-18-7-5-4-6-8-18/h4-8,13,17H,9-12,14-16H2,1-3H3,(H,26,29). The van der Waals surface area contributed by atoms with Crippen LogP contribution in [-0.2, 0) is 35.5 Å². The van der Waals surface area contributed by atoms with E-state index in [0.29, 0.717) is 45.7 Å². The highest BCUT2D eigenvalue weighted by Crippen LogP contribution is 2.31. The van der Waals surface area contributed by atoms with Gasteiger partial charge in [-0.15, -0.1) is 0 Å². The molecule has 7 heteroatoms. The van der Waals surface area contributed by atoms with Crippen molar-refractivity contribution in [2.45, 2.75) is 52.7 Å². The van der Waals surface area contributed by atoms with Gasteiger partial charge in [-0.25, -0.2) is 0 Å². The van der Waals surface area contributed by atoms with Crippen LogP contribution in [0.25, 0.3) is 0 Å². The molecule has 2 aliphatic heterocycles. The van der Waals surface area contributed by atoms with Gasteiger partial charge in [0.25, 0.3) is 11.5 Å². The molecule has 0 bridgehead atoms. The van der Waals surface area contributed by atoms with E-state index in [9.17, 15) is 14.4 Å². The second-order valence-electron chi connectivity index (χ2n) is 9.40. The van der Waals surface area contributed by atoms with Gasteiger partial charge in [0.2, 0.25) is 5.91 Å². The van der Waals surface area contributed by atoms with E-state index in [1.54, 1.807) is 4.57 Å². The van der Waals surface area contributed by atoms with Crippen LogP contribution in [0.15, 0.2) is 41.3 Å². The summed E-state index contributed by atoms with van der Waals surface area (Å²) in [4.78, 5) is 41.2. The number of fused-ring (bicyclic) bond motifs is 1. The molecule has 0 atom stereocenters. The average molecular weight is 438 g/mol. The van der Waals surface area contributed by atoms with Gasteiger partial charge < -0.3 is 19.5 Å². The summed E-state index contributed by atoms with van der Waals surface area (Å²) in [6.07, 6.45) is 3.02. The molecule has 0 saturated carbocycles. The number of rotatable bonds is 6. The monoisotopic (exact) mass is 437 g/mol. The molecule has 32 heavy (non-hydrogen) atoms. The van der Waals surface area contributed by atoms with Crippen molar-refractivity contribution < 1.29 is 14.3 Å². The first-order chi connectivity index (χ1) is 15.3. The van der Waals surface area contributed by atoms with Crippen LogP contribution in [0.2, 0.25) is 0 Å². The average Bonchev–Trinajstić information content (AvgIpc) is 2.75. The molecule has 0 radical (unpaired) electrons. The Hall–Kier alpha value is -2.93. The number of aryl methyl sites for hydroxylation is 2. The number of amides is 2. The van der Waals surface area contributed by atoms with Crippen LogP contribution in [0.4, 0.5) is 0 Å².